The highest BCUT2D eigenvalue weighted by Gasteiger charge is 2.19. The first-order chi connectivity index (χ1) is 4.34. The Kier molecular flexibility index (Phi) is 2.56. The molecule has 53 valence electrons. The smallest absolute Gasteiger partial charge is 0.0386 e. The second kappa shape index (κ2) is 3.24. The molecule has 1 radical (unpaired) electrons. The molecule has 0 heterocycles. The Morgan fingerprint density at radius 3 is 2.33 bits per heavy atom. The van der Waals surface area contributed by atoms with Crippen molar-refractivity contribution in [3.05, 3.63) is 6.42 Å². The third-order valence-electron chi connectivity index (χ3n) is 2.67. The fourth-order valence-electron chi connectivity index (χ4n) is 1.76. The molecule has 0 aromatic heterocycles. The van der Waals surface area contributed by atoms with Gasteiger partial charge in [-0.2, -0.15) is 0 Å². The van der Waals surface area contributed by atoms with Crippen molar-refractivity contribution in [3.63, 3.8) is 0 Å². The van der Waals surface area contributed by atoms with Gasteiger partial charge in [0.05, 0.1) is 0 Å². The lowest BCUT2D eigenvalue weighted by Crippen LogP contribution is -2.05. The zero-order valence-corrected chi connectivity index (χ0v) is 6.56. The van der Waals surface area contributed by atoms with Gasteiger partial charge in [-0.1, -0.05) is 39.5 Å². The topological polar surface area (TPSA) is 0 Å². The van der Waals surface area contributed by atoms with E-state index in [1.54, 1.807) is 0 Å². The van der Waals surface area contributed by atoms with Gasteiger partial charge in [0, 0.05) is 0 Å². The zero-order valence-electron chi connectivity index (χ0n) is 6.56. The molecule has 0 nitrogen and oxygen atoms in total. The van der Waals surface area contributed by atoms with Crippen molar-refractivity contribution >= 4 is 0 Å². The van der Waals surface area contributed by atoms with Gasteiger partial charge in [-0.25, -0.2) is 0 Å². The highest BCUT2D eigenvalue weighted by atomic mass is 14.2. The summed E-state index contributed by atoms with van der Waals surface area (Å²) in [5, 5.41) is 0. The first-order valence-electron chi connectivity index (χ1n) is 4.14. The molecule has 0 heteroatoms. The van der Waals surface area contributed by atoms with E-state index in [2.05, 4.69) is 20.3 Å². The van der Waals surface area contributed by atoms with Crippen LogP contribution in [-0.2, 0) is 0 Å². The van der Waals surface area contributed by atoms with Crippen LogP contribution in [0.2, 0.25) is 0 Å². The van der Waals surface area contributed by atoms with Crippen molar-refractivity contribution in [3.8, 4) is 0 Å². The first-order valence-corrected chi connectivity index (χ1v) is 4.14. The second-order valence-electron chi connectivity index (χ2n) is 3.24. The minimum absolute atomic E-state index is 0.868. The molecule has 1 unspecified atom stereocenters. The zero-order chi connectivity index (χ0) is 6.69. The predicted octanol–water partition coefficient (Wildman–Crippen LogP) is 3.04. The van der Waals surface area contributed by atoms with E-state index in [4.69, 9.17) is 0 Å². The molecule has 0 aliphatic heterocycles. The lowest BCUT2D eigenvalue weighted by molar-refractivity contribution is 0.411. The summed E-state index contributed by atoms with van der Waals surface area (Å²) >= 11 is 0. The van der Waals surface area contributed by atoms with Gasteiger partial charge in [0.2, 0.25) is 0 Å². The summed E-state index contributed by atoms with van der Waals surface area (Å²) in [7, 11) is 0. The second-order valence-corrected chi connectivity index (χ2v) is 3.24. The van der Waals surface area contributed by atoms with Gasteiger partial charge < -0.3 is 0 Å². The summed E-state index contributed by atoms with van der Waals surface area (Å²) in [6.07, 6.45) is 8.25. The third-order valence-corrected chi connectivity index (χ3v) is 2.67. The van der Waals surface area contributed by atoms with Gasteiger partial charge >= 0.3 is 0 Å². The predicted molar refractivity (Wildman–Crippen MR) is 41.1 cm³/mol. The van der Waals surface area contributed by atoms with Crippen LogP contribution in [0.25, 0.3) is 0 Å². The molecule has 1 aliphatic rings. The molecular weight excluding hydrogens is 108 g/mol. The highest BCUT2D eigenvalue weighted by molar-refractivity contribution is 4.78. The number of hydrogen-bond acceptors (Lipinski definition) is 0. The average Bonchev–Trinajstić information content (AvgIpc) is 2.37. The number of rotatable bonds is 2. The van der Waals surface area contributed by atoms with Gasteiger partial charge in [-0.05, 0) is 18.3 Å². The van der Waals surface area contributed by atoms with E-state index in [9.17, 15) is 0 Å². The van der Waals surface area contributed by atoms with Gasteiger partial charge in [0.1, 0.15) is 0 Å². The van der Waals surface area contributed by atoms with E-state index in [0.29, 0.717) is 0 Å². The lowest BCUT2D eigenvalue weighted by atomic mass is 9.91. The summed E-state index contributed by atoms with van der Waals surface area (Å²) in [5.41, 5.74) is 0. The van der Waals surface area contributed by atoms with Crippen molar-refractivity contribution in [1.29, 1.82) is 0 Å². The summed E-state index contributed by atoms with van der Waals surface area (Å²) in [5.74, 6) is 1.89. The van der Waals surface area contributed by atoms with Crippen LogP contribution in [0, 0.1) is 18.3 Å². The van der Waals surface area contributed by atoms with Crippen LogP contribution >= 0.6 is 0 Å². The van der Waals surface area contributed by atoms with Crippen molar-refractivity contribution in [2.24, 2.45) is 11.8 Å². The molecule has 1 saturated carbocycles. The van der Waals surface area contributed by atoms with Crippen molar-refractivity contribution in [2.45, 2.75) is 39.5 Å². The molecule has 0 bridgehead atoms. The Labute approximate surface area is 58.7 Å². The summed E-state index contributed by atoms with van der Waals surface area (Å²) in [6, 6.07) is 0. The van der Waals surface area contributed by atoms with Gasteiger partial charge in [-0.3, -0.25) is 0 Å². The monoisotopic (exact) mass is 125 g/mol. The van der Waals surface area contributed by atoms with Crippen LogP contribution < -0.4 is 0 Å². The third kappa shape index (κ3) is 1.70. The quantitative estimate of drug-likeness (QED) is 0.532. The van der Waals surface area contributed by atoms with Crippen molar-refractivity contribution < 1.29 is 0 Å². The maximum Gasteiger partial charge on any atom is -0.0386 e. The Bertz CT molecular complexity index is 70.1. The minimum Gasteiger partial charge on any atom is -0.0620 e. The van der Waals surface area contributed by atoms with E-state index in [0.717, 1.165) is 11.8 Å². The van der Waals surface area contributed by atoms with Crippen LogP contribution in [0.4, 0.5) is 0 Å². The molecule has 0 aromatic rings. The molecule has 1 aliphatic carbocycles. The molecule has 0 N–H and O–H groups in total. The van der Waals surface area contributed by atoms with Gasteiger partial charge in [-0.15, -0.1) is 0 Å². The molecule has 0 saturated heterocycles. The molecule has 9 heavy (non-hydrogen) atoms. The van der Waals surface area contributed by atoms with Crippen molar-refractivity contribution in [1.82, 2.24) is 0 Å². The summed E-state index contributed by atoms with van der Waals surface area (Å²) in [4.78, 5) is 0. The van der Waals surface area contributed by atoms with Crippen LogP contribution in [0.3, 0.4) is 0 Å². The SMILES string of the molecule is C[CH]C(C)C1CCCC1. The van der Waals surface area contributed by atoms with E-state index < -0.39 is 0 Å². The lowest BCUT2D eigenvalue weighted by Gasteiger charge is -2.15. The molecule has 0 spiro atoms. The highest BCUT2D eigenvalue weighted by Crippen LogP contribution is 2.31. The Balaban J connectivity index is 2.24. The molecule has 1 atom stereocenters. The maximum absolute atomic E-state index is 2.34. The van der Waals surface area contributed by atoms with E-state index in [1.807, 2.05) is 0 Å². The van der Waals surface area contributed by atoms with Crippen LogP contribution in [-0.4, -0.2) is 0 Å². The molecule has 0 aromatic carbocycles. The normalized spacial score (nSPS) is 24.7. The minimum atomic E-state index is 0.868. The van der Waals surface area contributed by atoms with E-state index >= 15 is 0 Å². The average molecular weight is 125 g/mol. The van der Waals surface area contributed by atoms with Crippen LogP contribution in [0.15, 0.2) is 0 Å². The molecular formula is C9H17. The van der Waals surface area contributed by atoms with Gasteiger partial charge in [0.15, 0.2) is 0 Å². The first kappa shape index (κ1) is 7.11. The Morgan fingerprint density at radius 2 is 1.89 bits per heavy atom. The maximum atomic E-state index is 2.34. The van der Waals surface area contributed by atoms with Gasteiger partial charge in [0.25, 0.3) is 0 Å². The Hall–Kier alpha value is 0. The molecule has 1 rings (SSSR count). The van der Waals surface area contributed by atoms with E-state index in [1.165, 1.54) is 25.7 Å². The fourth-order valence-corrected chi connectivity index (χ4v) is 1.76. The van der Waals surface area contributed by atoms with Crippen LogP contribution in [0.1, 0.15) is 39.5 Å². The number of hydrogen-bond donors (Lipinski definition) is 0. The van der Waals surface area contributed by atoms with Crippen molar-refractivity contribution in [2.75, 3.05) is 0 Å². The van der Waals surface area contributed by atoms with Crippen LogP contribution in [0.5, 0.6) is 0 Å². The summed E-state index contributed by atoms with van der Waals surface area (Å²) in [6.45, 7) is 4.53. The van der Waals surface area contributed by atoms with E-state index in [-0.39, 0.29) is 0 Å². The molecule has 1 fully saturated rings. The fraction of sp³-hybridized carbons (Fsp3) is 0.889. The summed E-state index contributed by atoms with van der Waals surface area (Å²) < 4.78 is 0. The standard InChI is InChI=1S/C9H17/c1-3-8(2)9-6-4-5-7-9/h3,8-9H,4-7H2,1-2H3. The largest absolute Gasteiger partial charge is 0.0620 e. The Morgan fingerprint density at radius 1 is 1.33 bits per heavy atom. The molecule has 0 amide bonds.